The second kappa shape index (κ2) is 6.95. The molecule has 1 aromatic heterocycles. The van der Waals surface area contributed by atoms with Gasteiger partial charge in [-0.1, -0.05) is 13.8 Å². The van der Waals surface area contributed by atoms with Crippen molar-refractivity contribution in [3.05, 3.63) is 16.7 Å². The second-order valence-electron chi connectivity index (χ2n) is 3.48. The molecule has 0 aliphatic heterocycles. The number of nitrogens with zero attached hydrogens (tertiary/aromatic N) is 3. The summed E-state index contributed by atoms with van der Waals surface area (Å²) < 4.78 is 0. The van der Waals surface area contributed by atoms with E-state index in [1.54, 1.807) is 0 Å². The van der Waals surface area contributed by atoms with Gasteiger partial charge in [0.1, 0.15) is 0 Å². The van der Waals surface area contributed by atoms with E-state index in [1.165, 1.54) is 6.20 Å². The molecule has 16 heavy (non-hydrogen) atoms. The van der Waals surface area contributed by atoms with Crippen LogP contribution in [0.2, 0.25) is 0 Å². The van der Waals surface area contributed by atoms with E-state index in [2.05, 4.69) is 39.2 Å². The maximum atomic E-state index is 10.8. The molecule has 0 saturated heterocycles. The Hall–Kier alpha value is -1.43. The zero-order valence-corrected chi connectivity index (χ0v) is 9.86. The van der Waals surface area contributed by atoms with E-state index < -0.39 is 5.69 Å². The van der Waals surface area contributed by atoms with Crippen molar-refractivity contribution >= 4 is 5.82 Å². The fraction of sp³-hybridized carbons (Fsp3) is 0.700. The fourth-order valence-electron chi connectivity index (χ4n) is 1.46. The zero-order valence-electron chi connectivity index (χ0n) is 9.86. The van der Waals surface area contributed by atoms with E-state index in [9.17, 15) is 4.79 Å². The summed E-state index contributed by atoms with van der Waals surface area (Å²) in [6.07, 6.45) is 2.54. The maximum Gasteiger partial charge on any atom is 0.363 e. The summed E-state index contributed by atoms with van der Waals surface area (Å²) in [6.45, 7) is 8.30. The zero-order chi connectivity index (χ0) is 11.8. The molecule has 0 spiro atoms. The van der Waals surface area contributed by atoms with Gasteiger partial charge in [0, 0.05) is 6.54 Å². The molecule has 2 N–H and O–H groups in total. The Labute approximate surface area is 95.1 Å². The van der Waals surface area contributed by atoms with Crippen LogP contribution in [0.3, 0.4) is 0 Å². The first-order valence-corrected chi connectivity index (χ1v) is 5.64. The average molecular weight is 225 g/mol. The summed E-state index contributed by atoms with van der Waals surface area (Å²) >= 11 is 0. The molecule has 0 unspecified atom stereocenters. The Morgan fingerprint density at radius 3 is 2.81 bits per heavy atom. The maximum absolute atomic E-state index is 10.8. The van der Waals surface area contributed by atoms with Gasteiger partial charge in [-0.25, -0.2) is 9.89 Å². The van der Waals surface area contributed by atoms with E-state index in [0.717, 1.165) is 32.6 Å². The predicted octanol–water partition coefficient (Wildman–Crippen LogP) is 0.309. The number of hydrogen-bond donors (Lipinski definition) is 2. The molecular weight excluding hydrogens is 206 g/mol. The highest BCUT2D eigenvalue weighted by atomic mass is 16.1. The average Bonchev–Trinajstić information content (AvgIpc) is 2.29. The first kappa shape index (κ1) is 12.6. The molecule has 0 saturated carbocycles. The molecule has 1 rings (SSSR count). The summed E-state index contributed by atoms with van der Waals surface area (Å²) in [7, 11) is 0. The van der Waals surface area contributed by atoms with E-state index in [4.69, 9.17) is 0 Å². The molecule has 0 fully saturated rings. The number of aromatic amines is 1. The second-order valence-corrected chi connectivity index (χ2v) is 3.48. The van der Waals surface area contributed by atoms with Crippen LogP contribution in [0.5, 0.6) is 0 Å². The normalized spacial score (nSPS) is 10.7. The van der Waals surface area contributed by atoms with Crippen molar-refractivity contribution < 1.29 is 0 Å². The minimum atomic E-state index is -0.422. The molecule has 0 amide bonds. The molecule has 0 radical (unpaired) electrons. The van der Waals surface area contributed by atoms with Crippen molar-refractivity contribution in [2.75, 3.05) is 31.5 Å². The van der Waals surface area contributed by atoms with Gasteiger partial charge in [-0.3, -0.25) is 0 Å². The summed E-state index contributed by atoms with van der Waals surface area (Å²) in [5, 5.41) is 8.96. The molecule has 0 bridgehead atoms. The molecule has 6 heteroatoms. The smallest absolute Gasteiger partial charge is 0.363 e. The molecule has 1 heterocycles. The molecule has 6 nitrogen and oxygen atoms in total. The van der Waals surface area contributed by atoms with E-state index in [1.807, 2.05) is 0 Å². The van der Waals surface area contributed by atoms with Gasteiger partial charge in [-0.2, -0.15) is 10.1 Å². The summed E-state index contributed by atoms with van der Waals surface area (Å²) in [4.78, 5) is 16.9. The van der Waals surface area contributed by atoms with Crippen molar-refractivity contribution in [2.45, 2.75) is 20.3 Å². The molecular formula is C10H19N5O. The van der Waals surface area contributed by atoms with Crippen LogP contribution in [0, 0.1) is 0 Å². The van der Waals surface area contributed by atoms with Crippen molar-refractivity contribution in [3.8, 4) is 0 Å². The topological polar surface area (TPSA) is 73.9 Å². The number of anilines is 1. The van der Waals surface area contributed by atoms with Crippen LogP contribution in [0.15, 0.2) is 11.0 Å². The first-order chi connectivity index (χ1) is 7.76. The lowest BCUT2D eigenvalue weighted by Crippen LogP contribution is -2.25. The SMILES string of the molecule is CCN(CC)CCCNc1cn[nH]c(=O)n1. The standard InChI is InChI=1S/C10H19N5O/c1-3-15(4-2)7-5-6-11-9-8-12-14-10(16)13-9/h8H,3-7H2,1-2H3,(H2,11,13,14,16). The number of H-pyrrole nitrogens is 1. The van der Waals surface area contributed by atoms with Crippen LogP contribution in [-0.4, -0.2) is 46.3 Å². The third kappa shape index (κ3) is 4.39. The van der Waals surface area contributed by atoms with Gasteiger partial charge in [0.05, 0.1) is 6.20 Å². The van der Waals surface area contributed by atoms with E-state index in [-0.39, 0.29) is 0 Å². The first-order valence-electron chi connectivity index (χ1n) is 5.64. The Kier molecular flexibility index (Phi) is 5.49. The lowest BCUT2D eigenvalue weighted by atomic mass is 10.3. The van der Waals surface area contributed by atoms with Gasteiger partial charge in [-0.05, 0) is 26.1 Å². The Morgan fingerprint density at radius 2 is 2.19 bits per heavy atom. The van der Waals surface area contributed by atoms with Crippen molar-refractivity contribution in [3.63, 3.8) is 0 Å². The minimum Gasteiger partial charge on any atom is -0.369 e. The van der Waals surface area contributed by atoms with E-state index in [0.29, 0.717) is 5.82 Å². The van der Waals surface area contributed by atoms with E-state index >= 15 is 0 Å². The Bertz CT molecular complexity index is 347. The van der Waals surface area contributed by atoms with Gasteiger partial charge >= 0.3 is 5.69 Å². The highest BCUT2D eigenvalue weighted by Gasteiger charge is 1.99. The van der Waals surface area contributed by atoms with Crippen LogP contribution in [0.4, 0.5) is 5.82 Å². The number of hydrogen-bond acceptors (Lipinski definition) is 5. The molecule has 0 atom stereocenters. The van der Waals surface area contributed by atoms with Gasteiger partial charge in [-0.15, -0.1) is 0 Å². The van der Waals surface area contributed by atoms with Crippen LogP contribution in [0.1, 0.15) is 20.3 Å². The van der Waals surface area contributed by atoms with Crippen LogP contribution < -0.4 is 11.0 Å². The van der Waals surface area contributed by atoms with Gasteiger partial charge in [0.25, 0.3) is 0 Å². The number of nitrogens with one attached hydrogen (secondary N) is 2. The third-order valence-electron chi connectivity index (χ3n) is 2.42. The summed E-state index contributed by atoms with van der Waals surface area (Å²) in [5.41, 5.74) is -0.422. The van der Waals surface area contributed by atoms with Crippen LogP contribution in [-0.2, 0) is 0 Å². The quantitative estimate of drug-likeness (QED) is 0.653. The highest BCUT2D eigenvalue weighted by molar-refractivity contribution is 5.28. The summed E-state index contributed by atoms with van der Waals surface area (Å²) in [5.74, 6) is 0.531. The Morgan fingerprint density at radius 1 is 1.44 bits per heavy atom. The van der Waals surface area contributed by atoms with Gasteiger partial charge in [0.2, 0.25) is 0 Å². The molecule has 0 aromatic carbocycles. The lowest BCUT2D eigenvalue weighted by molar-refractivity contribution is 0.303. The van der Waals surface area contributed by atoms with Crippen molar-refractivity contribution in [2.24, 2.45) is 0 Å². The molecule has 0 aliphatic rings. The monoisotopic (exact) mass is 225 g/mol. The van der Waals surface area contributed by atoms with Gasteiger partial charge < -0.3 is 10.2 Å². The lowest BCUT2D eigenvalue weighted by Gasteiger charge is -2.17. The van der Waals surface area contributed by atoms with Crippen LogP contribution >= 0.6 is 0 Å². The predicted molar refractivity (Wildman–Crippen MR) is 63.5 cm³/mol. The van der Waals surface area contributed by atoms with Crippen molar-refractivity contribution in [1.29, 1.82) is 0 Å². The molecule has 1 aromatic rings. The van der Waals surface area contributed by atoms with Crippen LogP contribution in [0.25, 0.3) is 0 Å². The largest absolute Gasteiger partial charge is 0.369 e. The Balaban J connectivity index is 2.23. The van der Waals surface area contributed by atoms with Crippen molar-refractivity contribution in [1.82, 2.24) is 20.1 Å². The number of aromatic nitrogens is 3. The summed E-state index contributed by atoms with van der Waals surface area (Å²) in [6, 6.07) is 0. The minimum absolute atomic E-state index is 0.422. The fourth-order valence-corrected chi connectivity index (χ4v) is 1.46. The highest BCUT2D eigenvalue weighted by Crippen LogP contribution is 1.95. The van der Waals surface area contributed by atoms with Gasteiger partial charge in [0.15, 0.2) is 5.82 Å². The molecule has 0 aliphatic carbocycles. The third-order valence-corrected chi connectivity index (χ3v) is 2.42. The molecule has 90 valence electrons. The number of rotatable bonds is 7.